The standard InChI is InChI=1S/C13H15BrClF/c1-8-9(3-5-12(8)15)6-10-2-4-11(14)7-13(10)16/h2,4,7-9,12H,3,5-6H2,1H3. The summed E-state index contributed by atoms with van der Waals surface area (Å²) in [5.41, 5.74) is 0.811. The van der Waals surface area contributed by atoms with Crippen LogP contribution in [0.5, 0.6) is 0 Å². The van der Waals surface area contributed by atoms with E-state index >= 15 is 0 Å². The van der Waals surface area contributed by atoms with E-state index in [4.69, 9.17) is 11.6 Å². The summed E-state index contributed by atoms with van der Waals surface area (Å²) in [5, 5.41) is 0.267. The molecule has 1 aliphatic carbocycles. The van der Waals surface area contributed by atoms with E-state index in [1.165, 1.54) is 6.07 Å². The summed E-state index contributed by atoms with van der Waals surface area (Å²) in [5.74, 6) is 0.905. The molecule has 1 saturated carbocycles. The molecule has 0 bridgehead atoms. The van der Waals surface area contributed by atoms with Gasteiger partial charge in [0.05, 0.1) is 0 Å². The highest BCUT2D eigenvalue weighted by molar-refractivity contribution is 9.10. The van der Waals surface area contributed by atoms with Crippen LogP contribution in [0, 0.1) is 17.7 Å². The van der Waals surface area contributed by atoms with E-state index in [0.29, 0.717) is 11.8 Å². The largest absolute Gasteiger partial charge is 0.207 e. The molecule has 0 aliphatic heterocycles. The predicted molar refractivity (Wildman–Crippen MR) is 69.3 cm³/mol. The lowest BCUT2D eigenvalue weighted by Gasteiger charge is -2.17. The Kier molecular flexibility index (Phi) is 3.91. The van der Waals surface area contributed by atoms with Crippen LogP contribution >= 0.6 is 27.5 Å². The number of hydrogen-bond acceptors (Lipinski definition) is 0. The third-order valence-corrected chi connectivity index (χ3v) is 4.73. The first-order chi connectivity index (χ1) is 7.58. The summed E-state index contributed by atoms with van der Waals surface area (Å²) in [4.78, 5) is 0. The van der Waals surface area contributed by atoms with Crippen molar-refractivity contribution in [3.8, 4) is 0 Å². The topological polar surface area (TPSA) is 0 Å². The second-order valence-corrected chi connectivity index (χ2v) is 6.13. The van der Waals surface area contributed by atoms with Gasteiger partial charge in [0.2, 0.25) is 0 Å². The second-order valence-electron chi connectivity index (χ2n) is 4.65. The van der Waals surface area contributed by atoms with E-state index < -0.39 is 0 Å². The van der Waals surface area contributed by atoms with E-state index in [0.717, 1.165) is 29.3 Å². The van der Waals surface area contributed by atoms with Gasteiger partial charge in [-0.2, -0.15) is 0 Å². The lowest BCUT2D eigenvalue weighted by atomic mass is 9.91. The van der Waals surface area contributed by atoms with E-state index in [1.807, 2.05) is 12.1 Å². The molecule has 2 rings (SSSR count). The Labute approximate surface area is 109 Å². The Hall–Kier alpha value is -0.0800. The first-order valence-electron chi connectivity index (χ1n) is 5.66. The molecule has 3 atom stereocenters. The van der Waals surface area contributed by atoms with Crippen LogP contribution in [0.3, 0.4) is 0 Å². The van der Waals surface area contributed by atoms with Gasteiger partial charge in [-0.05, 0) is 48.8 Å². The van der Waals surface area contributed by atoms with Gasteiger partial charge in [0.15, 0.2) is 0 Å². The van der Waals surface area contributed by atoms with Crippen molar-refractivity contribution >= 4 is 27.5 Å². The maximum atomic E-state index is 13.7. The van der Waals surface area contributed by atoms with Crippen LogP contribution in [0.15, 0.2) is 22.7 Å². The summed E-state index contributed by atoms with van der Waals surface area (Å²) in [7, 11) is 0. The molecule has 3 unspecified atom stereocenters. The molecule has 1 fully saturated rings. The number of halogens is 3. The molecule has 1 aromatic carbocycles. The zero-order valence-electron chi connectivity index (χ0n) is 9.22. The molecule has 0 nitrogen and oxygen atoms in total. The monoisotopic (exact) mass is 304 g/mol. The van der Waals surface area contributed by atoms with Crippen molar-refractivity contribution in [3.63, 3.8) is 0 Å². The van der Waals surface area contributed by atoms with Crippen molar-refractivity contribution in [3.05, 3.63) is 34.1 Å². The summed E-state index contributed by atoms with van der Waals surface area (Å²) in [6.07, 6.45) is 2.99. The normalized spacial score (nSPS) is 29.6. The Morgan fingerprint density at radius 3 is 2.75 bits per heavy atom. The molecule has 1 aromatic rings. The number of alkyl halides is 1. The third-order valence-electron chi connectivity index (χ3n) is 3.62. The molecule has 3 heteroatoms. The van der Waals surface area contributed by atoms with Crippen LogP contribution in [0.1, 0.15) is 25.3 Å². The Morgan fingerprint density at radius 2 is 2.19 bits per heavy atom. The first-order valence-corrected chi connectivity index (χ1v) is 6.89. The van der Waals surface area contributed by atoms with Gasteiger partial charge in [-0.15, -0.1) is 11.6 Å². The molecular formula is C13H15BrClF. The van der Waals surface area contributed by atoms with Gasteiger partial charge in [0.25, 0.3) is 0 Å². The molecule has 0 spiro atoms. The van der Waals surface area contributed by atoms with Crippen molar-refractivity contribution in [1.29, 1.82) is 0 Å². The minimum Gasteiger partial charge on any atom is -0.207 e. The van der Waals surface area contributed by atoms with E-state index in [9.17, 15) is 4.39 Å². The summed E-state index contributed by atoms with van der Waals surface area (Å²) in [6.45, 7) is 2.17. The Bertz CT molecular complexity index is 380. The van der Waals surface area contributed by atoms with Crippen LogP contribution in [0.25, 0.3) is 0 Å². The minimum atomic E-state index is -0.111. The molecule has 0 N–H and O–H groups in total. The lowest BCUT2D eigenvalue weighted by molar-refractivity contribution is 0.412. The molecule has 16 heavy (non-hydrogen) atoms. The number of hydrogen-bond donors (Lipinski definition) is 0. The highest BCUT2D eigenvalue weighted by atomic mass is 79.9. The van der Waals surface area contributed by atoms with E-state index in [2.05, 4.69) is 22.9 Å². The highest BCUT2D eigenvalue weighted by Crippen LogP contribution is 2.37. The van der Waals surface area contributed by atoms with Crippen molar-refractivity contribution in [1.82, 2.24) is 0 Å². The predicted octanol–water partition coefficient (Wildman–Crippen LogP) is 4.78. The molecular weight excluding hydrogens is 290 g/mol. The summed E-state index contributed by atoms with van der Waals surface area (Å²) < 4.78 is 14.5. The summed E-state index contributed by atoms with van der Waals surface area (Å²) >= 11 is 9.46. The van der Waals surface area contributed by atoms with Crippen LogP contribution in [-0.4, -0.2) is 5.38 Å². The molecule has 1 aliphatic rings. The van der Waals surface area contributed by atoms with E-state index in [1.54, 1.807) is 0 Å². The Morgan fingerprint density at radius 1 is 1.44 bits per heavy atom. The molecule has 0 saturated heterocycles. The molecule has 88 valence electrons. The van der Waals surface area contributed by atoms with Crippen molar-refractivity contribution in [2.24, 2.45) is 11.8 Å². The fourth-order valence-electron chi connectivity index (χ4n) is 2.45. The Balaban J connectivity index is 2.09. The maximum absolute atomic E-state index is 13.7. The molecule has 0 aromatic heterocycles. The number of rotatable bonds is 2. The summed E-state index contributed by atoms with van der Waals surface area (Å²) in [6, 6.07) is 5.30. The molecule has 0 radical (unpaired) electrons. The van der Waals surface area contributed by atoms with Crippen molar-refractivity contribution in [2.45, 2.75) is 31.6 Å². The zero-order chi connectivity index (χ0) is 11.7. The van der Waals surface area contributed by atoms with Crippen LogP contribution in [-0.2, 0) is 6.42 Å². The van der Waals surface area contributed by atoms with Gasteiger partial charge >= 0.3 is 0 Å². The molecule has 0 amide bonds. The third kappa shape index (κ3) is 2.60. The van der Waals surface area contributed by atoms with Crippen LogP contribution < -0.4 is 0 Å². The fraction of sp³-hybridized carbons (Fsp3) is 0.538. The van der Waals surface area contributed by atoms with Crippen molar-refractivity contribution < 1.29 is 4.39 Å². The second kappa shape index (κ2) is 5.05. The van der Waals surface area contributed by atoms with Gasteiger partial charge in [0.1, 0.15) is 5.82 Å². The van der Waals surface area contributed by atoms with Crippen LogP contribution in [0.4, 0.5) is 4.39 Å². The first kappa shape index (κ1) is 12.4. The van der Waals surface area contributed by atoms with Crippen LogP contribution in [0.2, 0.25) is 0 Å². The van der Waals surface area contributed by atoms with Gasteiger partial charge in [-0.1, -0.05) is 28.9 Å². The van der Waals surface area contributed by atoms with Gasteiger partial charge in [-0.25, -0.2) is 4.39 Å². The zero-order valence-corrected chi connectivity index (χ0v) is 11.6. The maximum Gasteiger partial charge on any atom is 0.127 e. The van der Waals surface area contributed by atoms with E-state index in [-0.39, 0.29) is 11.2 Å². The SMILES string of the molecule is CC1C(Cl)CCC1Cc1ccc(Br)cc1F. The lowest BCUT2D eigenvalue weighted by Crippen LogP contribution is -2.13. The quantitative estimate of drug-likeness (QED) is 0.690. The average Bonchev–Trinajstić information content (AvgIpc) is 2.54. The smallest absolute Gasteiger partial charge is 0.127 e. The van der Waals surface area contributed by atoms with Gasteiger partial charge in [0, 0.05) is 9.85 Å². The van der Waals surface area contributed by atoms with Crippen molar-refractivity contribution in [2.75, 3.05) is 0 Å². The highest BCUT2D eigenvalue weighted by Gasteiger charge is 2.31. The van der Waals surface area contributed by atoms with Gasteiger partial charge < -0.3 is 0 Å². The minimum absolute atomic E-state index is 0.111. The molecule has 0 heterocycles. The van der Waals surface area contributed by atoms with Gasteiger partial charge in [-0.3, -0.25) is 0 Å². The fourth-order valence-corrected chi connectivity index (χ4v) is 3.12. The number of benzene rings is 1. The average molecular weight is 306 g/mol.